The maximum absolute atomic E-state index is 10.3. The van der Waals surface area contributed by atoms with Crippen molar-refractivity contribution in [3.05, 3.63) is 12.2 Å². The Morgan fingerprint density at radius 1 is 1.80 bits per heavy atom. The number of urea groups is 1. The van der Waals surface area contributed by atoms with Crippen molar-refractivity contribution < 1.29 is 4.79 Å². The van der Waals surface area contributed by atoms with Gasteiger partial charge in [0, 0.05) is 6.04 Å². The molecule has 0 spiro atoms. The van der Waals surface area contributed by atoms with Gasteiger partial charge in [0.1, 0.15) is 0 Å². The predicted octanol–water partition coefficient (Wildman–Crippen LogP) is 0.619. The fraction of sp³-hybridized carbons (Fsp3) is 0.571. The van der Waals surface area contributed by atoms with E-state index < -0.39 is 6.03 Å². The Morgan fingerprint density at radius 2 is 2.50 bits per heavy atom. The van der Waals surface area contributed by atoms with Crippen LogP contribution in [0.3, 0.4) is 0 Å². The molecule has 0 aromatic rings. The van der Waals surface area contributed by atoms with Gasteiger partial charge in [0.05, 0.1) is 0 Å². The van der Waals surface area contributed by atoms with E-state index in [1.165, 1.54) is 0 Å². The third-order valence-corrected chi connectivity index (χ3v) is 1.61. The standard InChI is InChI=1S/C7H12N2O/c1-2-3-5-4-6(5)9-7(8)10/h2-3,5-6H,4H2,1H3,(H3,8,9,10)/b3-2+. The van der Waals surface area contributed by atoms with E-state index in [0.29, 0.717) is 12.0 Å². The summed E-state index contributed by atoms with van der Waals surface area (Å²) in [6.45, 7) is 1.97. The largest absolute Gasteiger partial charge is 0.352 e. The first kappa shape index (κ1) is 7.12. The van der Waals surface area contributed by atoms with Gasteiger partial charge < -0.3 is 11.1 Å². The van der Waals surface area contributed by atoms with Crippen LogP contribution >= 0.6 is 0 Å². The molecule has 1 aliphatic rings. The second-order valence-corrected chi connectivity index (χ2v) is 2.54. The fourth-order valence-corrected chi connectivity index (χ4v) is 1.02. The molecule has 10 heavy (non-hydrogen) atoms. The number of carbonyl (C=O) groups excluding carboxylic acids is 1. The number of carbonyl (C=O) groups is 1. The summed E-state index contributed by atoms with van der Waals surface area (Å²) in [5.41, 5.74) is 4.92. The smallest absolute Gasteiger partial charge is 0.312 e. The number of nitrogens with one attached hydrogen (secondary N) is 1. The lowest BCUT2D eigenvalue weighted by molar-refractivity contribution is 0.248. The molecule has 0 heterocycles. The van der Waals surface area contributed by atoms with Crippen LogP contribution in [0.1, 0.15) is 13.3 Å². The maximum atomic E-state index is 10.3. The monoisotopic (exact) mass is 140 g/mol. The number of hydrogen-bond acceptors (Lipinski definition) is 1. The molecule has 0 saturated heterocycles. The molecule has 1 aliphatic carbocycles. The molecule has 2 unspecified atom stereocenters. The van der Waals surface area contributed by atoms with Crippen LogP contribution in [0.15, 0.2) is 12.2 Å². The minimum atomic E-state index is -0.419. The first-order chi connectivity index (χ1) is 4.74. The average molecular weight is 140 g/mol. The summed E-state index contributed by atoms with van der Waals surface area (Å²) in [6.07, 6.45) is 5.11. The van der Waals surface area contributed by atoms with Gasteiger partial charge in [0.15, 0.2) is 0 Å². The molecule has 0 aliphatic heterocycles. The van der Waals surface area contributed by atoms with Crippen LogP contribution in [0, 0.1) is 5.92 Å². The molecule has 3 heteroatoms. The van der Waals surface area contributed by atoms with E-state index in [2.05, 4.69) is 11.4 Å². The molecular weight excluding hydrogens is 128 g/mol. The summed E-state index contributed by atoms with van der Waals surface area (Å²) in [7, 11) is 0. The van der Waals surface area contributed by atoms with E-state index in [-0.39, 0.29) is 0 Å². The number of amides is 2. The van der Waals surface area contributed by atoms with E-state index in [1.807, 2.05) is 13.0 Å². The molecule has 0 aromatic carbocycles. The van der Waals surface area contributed by atoms with E-state index >= 15 is 0 Å². The fourth-order valence-electron chi connectivity index (χ4n) is 1.02. The van der Waals surface area contributed by atoms with Crippen LogP contribution in [-0.2, 0) is 0 Å². The van der Waals surface area contributed by atoms with Crippen LogP contribution in [0.2, 0.25) is 0 Å². The summed E-state index contributed by atoms with van der Waals surface area (Å²) < 4.78 is 0. The summed E-state index contributed by atoms with van der Waals surface area (Å²) in [6, 6.07) is -0.120. The molecule has 3 N–H and O–H groups in total. The number of nitrogens with two attached hydrogens (primary N) is 1. The zero-order valence-electron chi connectivity index (χ0n) is 6.00. The molecule has 3 nitrogen and oxygen atoms in total. The highest BCUT2D eigenvalue weighted by Gasteiger charge is 2.35. The molecule has 1 saturated carbocycles. The Morgan fingerprint density at radius 3 is 3.00 bits per heavy atom. The minimum Gasteiger partial charge on any atom is -0.352 e. The molecule has 0 radical (unpaired) electrons. The summed E-state index contributed by atoms with van der Waals surface area (Å²) >= 11 is 0. The number of primary amides is 1. The Labute approximate surface area is 60.3 Å². The topological polar surface area (TPSA) is 55.1 Å². The van der Waals surface area contributed by atoms with Gasteiger partial charge in [-0.2, -0.15) is 0 Å². The summed E-state index contributed by atoms with van der Waals surface area (Å²) in [5.74, 6) is 0.525. The van der Waals surface area contributed by atoms with Gasteiger partial charge in [-0.25, -0.2) is 4.79 Å². The van der Waals surface area contributed by atoms with E-state index in [9.17, 15) is 4.79 Å². The quantitative estimate of drug-likeness (QED) is 0.543. The Bertz CT molecular complexity index is 165. The van der Waals surface area contributed by atoms with Crippen LogP contribution < -0.4 is 11.1 Å². The van der Waals surface area contributed by atoms with Gasteiger partial charge in [-0.3, -0.25) is 0 Å². The normalized spacial score (nSPS) is 30.5. The van der Waals surface area contributed by atoms with E-state index in [1.54, 1.807) is 0 Å². The molecule has 0 aromatic heterocycles. The van der Waals surface area contributed by atoms with Crippen LogP contribution in [0.25, 0.3) is 0 Å². The lowest BCUT2D eigenvalue weighted by Crippen LogP contribution is -2.31. The minimum absolute atomic E-state index is 0.300. The molecule has 1 rings (SSSR count). The Kier molecular flexibility index (Phi) is 1.94. The predicted molar refractivity (Wildman–Crippen MR) is 39.4 cm³/mol. The molecule has 0 bridgehead atoms. The third-order valence-electron chi connectivity index (χ3n) is 1.61. The molecular formula is C7H12N2O. The zero-order valence-corrected chi connectivity index (χ0v) is 6.00. The number of allylic oxidation sites excluding steroid dienone is 1. The Balaban J connectivity index is 2.19. The van der Waals surface area contributed by atoms with Gasteiger partial charge in [-0.05, 0) is 19.3 Å². The second-order valence-electron chi connectivity index (χ2n) is 2.54. The van der Waals surface area contributed by atoms with Crippen LogP contribution in [0.5, 0.6) is 0 Å². The van der Waals surface area contributed by atoms with Crippen molar-refractivity contribution in [2.45, 2.75) is 19.4 Å². The van der Waals surface area contributed by atoms with Crippen molar-refractivity contribution in [1.29, 1.82) is 0 Å². The highest BCUT2D eigenvalue weighted by atomic mass is 16.2. The van der Waals surface area contributed by atoms with Crippen LogP contribution in [0.4, 0.5) is 4.79 Å². The lowest BCUT2D eigenvalue weighted by Gasteiger charge is -1.95. The molecule has 56 valence electrons. The Hall–Kier alpha value is -0.990. The average Bonchev–Trinajstić information content (AvgIpc) is 2.47. The van der Waals surface area contributed by atoms with Gasteiger partial charge in [-0.1, -0.05) is 12.2 Å². The lowest BCUT2D eigenvalue weighted by atomic mass is 10.3. The van der Waals surface area contributed by atoms with Crippen molar-refractivity contribution in [1.82, 2.24) is 5.32 Å². The van der Waals surface area contributed by atoms with Gasteiger partial charge >= 0.3 is 6.03 Å². The molecule has 2 atom stereocenters. The number of rotatable bonds is 2. The van der Waals surface area contributed by atoms with Crippen LogP contribution in [-0.4, -0.2) is 12.1 Å². The highest BCUT2D eigenvalue weighted by Crippen LogP contribution is 2.31. The zero-order chi connectivity index (χ0) is 7.56. The van der Waals surface area contributed by atoms with Crippen molar-refractivity contribution in [2.24, 2.45) is 11.7 Å². The van der Waals surface area contributed by atoms with Gasteiger partial charge in [0.2, 0.25) is 0 Å². The molecule has 2 amide bonds. The second kappa shape index (κ2) is 2.73. The number of hydrogen-bond donors (Lipinski definition) is 2. The van der Waals surface area contributed by atoms with Crippen molar-refractivity contribution >= 4 is 6.03 Å². The summed E-state index contributed by atoms with van der Waals surface area (Å²) in [5, 5.41) is 2.64. The van der Waals surface area contributed by atoms with Gasteiger partial charge in [0.25, 0.3) is 0 Å². The first-order valence-electron chi connectivity index (χ1n) is 3.43. The van der Waals surface area contributed by atoms with Crippen molar-refractivity contribution in [2.75, 3.05) is 0 Å². The third kappa shape index (κ3) is 1.76. The molecule has 1 fully saturated rings. The first-order valence-corrected chi connectivity index (χ1v) is 3.43. The van der Waals surface area contributed by atoms with Gasteiger partial charge in [-0.15, -0.1) is 0 Å². The summed E-state index contributed by atoms with van der Waals surface area (Å²) in [4.78, 5) is 10.3. The van der Waals surface area contributed by atoms with E-state index in [4.69, 9.17) is 5.73 Å². The SMILES string of the molecule is C/C=C/C1CC1NC(N)=O. The maximum Gasteiger partial charge on any atom is 0.312 e. The highest BCUT2D eigenvalue weighted by molar-refractivity contribution is 5.72. The van der Waals surface area contributed by atoms with Crippen molar-refractivity contribution in [3.63, 3.8) is 0 Å². The van der Waals surface area contributed by atoms with E-state index in [0.717, 1.165) is 6.42 Å². The van der Waals surface area contributed by atoms with Crippen molar-refractivity contribution in [3.8, 4) is 0 Å².